The van der Waals surface area contributed by atoms with Gasteiger partial charge in [0.05, 0.1) is 12.2 Å². The molecule has 6 heteroatoms. The number of halogens is 2. The molecule has 0 spiro atoms. The Hall–Kier alpha value is -3.41. The molecule has 0 aromatic heterocycles. The number of rotatable bonds is 5. The van der Waals surface area contributed by atoms with Crippen LogP contribution >= 0.6 is 0 Å². The number of nitrogens with one attached hydrogen (secondary N) is 1. The van der Waals surface area contributed by atoms with Crippen LogP contribution in [0, 0.1) is 11.6 Å². The fraction of sp³-hybridized carbons (Fsp3) is 0.136. The minimum Gasteiger partial charge on any atom is -0.378 e. The molecule has 3 rings (SSSR count). The Morgan fingerprint density at radius 2 is 1.46 bits per heavy atom. The second-order valence-electron chi connectivity index (χ2n) is 6.53. The molecule has 0 aliphatic rings. The molecule has 0 unspecified atom stereocenters. The molecular formula is C22H21F2N3O. The van der Waals surface area contributed by atoms with Crippen molar-refractivity contribution in [1.29, 1.82) is 0 Å². The molecular weight excluding hydrogens is 360 g/mol. The Labute approximate surface area is 163 Å². The molecule has 3 aromatic rings. The van der Waals surface area contributed by atoms with Gasteiger partial charge in [0.15, 0.2) is 0 Å². The Morgan fingerprint density at radius 3 is 2.07 bits per heavy atom. The van der Waals surface area contributed by atoms with Crippen molar-refractivity contribution in [3.8, 4) is 0 Å². The topological polar surface area (TPSA) is 35.6 Å². The normalized spacial score (nSPS) is 10.4. The van der Waals surface area contributed by atoms with Gasteiger partial charge in [0.2, 0.25) is 0 Å². The lowest BCUT2D eigenvalue weighted by Crippen LogP contribution is -2.34. The van der Waals surface area contributed by atoms with Crippen molar-refractivity contribution < 1.29 is 13.6 Å². The van der Waals surface area contributed by atoms with Gasteiger partial charge in [-0.2, -0.15) is 0 Å². The van der Waals surface area contributed by atoms with Crippen molar-refractivity contribution in [3.63, 3.8) is 0 Å². The van der Waals surface area contributed by atoms with E-state index in [9.17, 15) is 13.6 Å². The molecule has 0 atom stereocenters. The SMILES string of the molecule is CN(C)c1ccc(CN(C(=O)Nc2ccccc2F)c2ccc(F)cc2)cc1. The second-order valence-corrected chi connectivity index (χ2v) is 6.53. The average Bonchev–Trinajstić information content (AvgIpc) is 2.69. The monoisotopic (exact) mass is 381 g/mol. The Bertz CT molecular complexity index is 941. The summed E-state index contributed by atoms with van der Waals surface area (Å²) in [5.74, 6) is -0.918. The standard InChI is InChI=1S/C22H21F2N3O/c1-26(2)18-11-7-16(8-12-18)15-27(19-13-9-17(23)10-14-19)22(28)25-21-6-4-3-5-20(21)24/h3-14H,15H2,1-2H3,(H,25,28). The third-order valence-electron chi connectivity index (χ3n) is 4.29. The highest BCUT2D eigenvalue weighted by Gasteiger charge is 2.18. The molecule has 0 aliphatic carbocycles. The van der Waals surface area contributed by atoms with Crippen molar-refractivity contribution in [1.82, 2.24) is 0 Å². The quantitative estimate of drug-likeness (QED) is 0.654. The largest absolute Gasteiger partial charge is 0.378 e. The minimum absolute atomic E-state index is 0.0857. The number of carbonyl (C=O) groups excluding carboxylic acids is 1. The van der Waals surface area contributed by atoms with Gasteiger partial charge in [-0.15, -0.1) is 0 Å². The zero-order valence-corrected chi connectivity index (χ0v) is 15.7. The van der Waals surface area contributed by atoms with Crippen LogP contribution in [0.25, 0.3) is 0 Å². The van der Waals surface area contributed by atoms with Gasteiger partial charge >= 0.3 is 6.03 Å². The third-order valence-corrected chi connectivity index (χ3v) is 4.29. The molecule has 0 saturated heterocycles. The number of carbonyl (C=O) groups is 1. The van der Waals surface area contributed by atoms with Gasteiger partial charge in [-0.25, -0.2) is 13.6 Å². The van der Waals surface area contributed by atoms with Crippen LogP contribution in [0.2, 0.25) is 0 Å². The van der Waals surface area contributed by atoms with E-state index >= 15 is 0 Å². The van der Waals surface area contributed by atoms with Gasteiger partial charge in [0, 0.05) is 25.5 Å². The number of nitrogens with zero attached hydrogens (tertiary/aromatic N) is 2. The summed E-state index contributed by atoms with van der Waals surface area (Å²) in [6.07, 6.45) is 0. The van der Waals surface area contributed by atoms with Crippen LogP contribution < -0.4 is 15.1 Å². The van der Waals surface area contributed by atoms with Crippen molar-refractivity contribution >= 4 is 23.1 Å². The number of benzene rings is 3. The van der Waals surface area contributed by atoms with Gasteiger partial charge in [0.25, 0.3) is 0 Å². The van der Waals surface area contributed by atoms with E-state index in [4.69, 9.17) is 0 Å². The number of hydrogen-bond acceptors (Lipinski definition) is 2. The maximum Gasteiger partial charge on any atom is 0.326 e. The van der Waals surface area contributed by atoms with Gasteiger partial charge < -0.3 is 10.2 Å². The molecule has 144 valence electrons. The Balaban J connectivity index is 1.87. The first-order valence-corrected chi connectivity index (χ1v) is 8.79. The summed E-state index contributed by atoms with van der Waals surface area (Å²) in [5.41, 5.74) is 2.51. The fourth-order valence-electron chi connectivity index (χ4n) is 2.73. The summed E-state index contributed by atoms with van der Waals surface area (Å²) in [7, 11) is 3.89. The van der Waals surface area contributed by atoms with Crippen molar-refractivity contribution in [2.24, 2.45) is 0 Å². The highest BCUT2D eigenvalue weighted by Crippen LogP contribution is 2.22. The summed E-state index contributed by atoms with van der Waals surface area (Å²) in [5, 5.41) is 2.58. The maximum atomic E-state index is 13.9. The first kappa shape index (κ1) is 19.4. The first-order chi connectivity index (χ1) is 13.4. The van der Waals surface area contributed by atoms with Crippen LogP contribution in [0.5, 0.6) is 0 Å². The highest BCUT2D eigenvalue weighted by atomic mass is 19.1. The fourth-order valence-corrected chi connectivity index (χ4v) is 2.73. The molecule has 0 aliphatic heterocycles. The number of hydrogen-bond donors (Lipinski definition) is 1. The van der Waals surface area contributed by atoms with Crippen LogP contribution in [0.1, 0.15) is 5.56 Å². The van der Waals surface area contributed by atoms with Crippen LogP contribution in [0.15, 0.2) is 72.8 Å². The summed E-state index contributed by atoms with van der Waals surface area (Å²) in [6, 6.07) is 18.8. The number of amides is 2. The molecule has 28 heavy (non-hydrogen) atoms. The third kappa shape index (κ3) is 4.65. The minimum atomic E-state index is -0.523. The van der Waals surface area contributed by atoms with E-state index in [0.717, 1.165) is 11.3 Å². The van der Waals surface area contributed by atoms with Crippen LogP contribution in [0.4, 0.5) is 30.6 Å². The number of urea groups is 1. The molecule has 0 saturated carbocycles. The van der Waals surface area contributed by atoms with Gasteiger partial charge in [-0.05, 0) is 54.1 Å². The average molecular weight is 381 g/mol. The molecule has 0 radical (unpaired) electrons. The zero-order valence-electron chi connectivity index (χ0n) is 15.7. The van der Waals surface area contributed by atoms with Crippen LogP contribution in [0.3, 0.4) is 0 Å². The van der Waals surface area contributed by atoms with Crippen molar-refractivity contribution in [3.05, 3.63) is 90.0 Å². The molecule has 3 aromatic carbocycles. The first-order valence-electron chi connectivity index (χ1n) is 8.79. The van der Waals surface area contributed by atoms with E-state index in [1.165, 1.54) is 41.3 Å². The van der Waals surface area contributed by atoms with E-state index in [2.05, 4.69) is 5.32 Å². The number of para-hydroxylation sites is 1. The summed E-state index contributed by atoms with van der Waals surface area (Å²) in [4.78, 5) is 16.3. The van der Waals surface area contributed by atoms with E-state index < -0.39 is 17.7 Å². The maximum absolute atomic E-state index is 13.9. The van der Waals surface area contributed by atoms with Crippen molar-refractivity contribution in [2.45, 2.75) is 6.54 Å². The summed E-state index contributed by atoms with van der Waals surface area (Å²) >= 11 is 0. The molecule has 0 fully saturated rings. The van der Waals surface area contributed by atoms with Gasteiger partial charge in [0.1, 0.15) is 11.6 Å². The van der Waals surface area contributed by atoms with E-state index in [1.54, 1.807) is 12.1 Å². The van der Waals surface area contributed by atoms with Crippen LogP contribution in [-0.2, 0) is 6.54 Å². The van der Waals surface area contributed by atoms with Crippen LogP contribution in [-0.4, -0.2) is 20.1 Å². The predicted octanol–water partition coefficient (Wildman–Crippen LogP) is 5.27. The van der Waals surface area contributed by atoms with E-state index in [-0.39, 0.29) is 12.2 Å². The Morgan fingerprint density at radius 1 is 0.857 bits per heavy atom. The van der Waals surface area contributed by atoms with E-state index in [1.807, 2.05) is 43.3 Å². The van der Waals surface area contributed by atoms with Gasteiger partial charge in [-0.1, -0.05) is 24.3 Å². The lowest BCUT2D eigenvalue weighted by atomic mass is 10.1. The second kappa shape index (κ2) is 8.52. The molecule has 0 heterocycles. The molecule has 4 nitrogen and oxygen atoms in total. The predicted molar refractivity (Wildman–Crippen MR) is 109 cm³/mol. The van der Waals surface area contributed by atoms with Gasteiger partial charge in [-0.3, -0.25) is 4.90 Å². The summed E-state index contributed by atoms with van der Waals surface area (Å²) in [6.45, 7) is 0.250. The zero-order chi connectivity index (χ0) is 20.1. The smallest absolute Gasteiger partial charge is 0.326 e. The molecule has 0 bridgehead atoms. The highest BCUT2D eigenvalue weighted by molar-refractivity contribution is 6.01. The lowest BCUT2D eigenvalue weighted by molar-refractivity contribution is 0.256. The lowest BCUT2D eigenvalue weighted by Gasteiger charge is -2.24. The van der Waals surface area contributed by atoms with E-state index in [0.29, 0.717) is 5.69 Å². The summed E-state index contributed by atoms with van der Waals surface area (Å²) < 4.78 is 27.3. The Kier molecular flexibility index (Phi) is 5.89. The molecule has 1 N–H and O–H groups in total. The van der Waals surface area contributed by atoms with Crippen molar-refractivity contribution in [2.75, 3.05) is 29.2 Å². The number of anilines is 3. The molecule has 2 amide bonds.